The number of ether oxygens (including phenoxy) is 1. The maximum Gasteiger partial charge on any atom is 0.243 e. The molecule has 1 saturated heterocycles. The van der Waals surface area contributed by atoms with Gasteiger partial charge in [-0.25, -0.2) is 4.98 Å². The van der Waals surface area contributed by atoms with Gasteiger partial charge in [0.15, 0.2) is 0 Å². The Hall–Kier alpha value is -4.13. The number of aromatic nitrogens is 3. The molecule has 1 aliphatic heterocycles. The van der Waals surface area contributed by atoms with E-state index in [0.717, 1.165) is 52.4 Å². The molecule has 2 N–H and O–H groups in total. The molecule has 7 heteroatoms. The normalized spacial score (nSPS) is 15.6. The van der Waals surface area contributed by atoms with Crippen LogP contribution in [-0.4, -0.2) is 40.2 Å². The first-order valence-corrected chi connectivity index (χ1v) is 10.5. The molecule has 0 bridgehead atoms. The standard InChI is InChI=1S/C25H23N5O2/c1-2-23(31)27-19-12-13-30(16-19)22-14-18-15-26-29-25(18)24(28-22)17-8-10-21(11-9-17)32-20-6-4-3-5-7-20/h2-11,14-15,19H,1,12-13,16H2,(H,26,29)(H,27,31). The highest BCUT2D eigenvalue weighted by Crippen LogP contribution is 2.32. The number of carbonyl (C=O) groups excluding carboxylic acids is 1. The molecule has 0 saturated carbocycles. The van der Waals surface area contributed by atoms with E-state index >= 15 is 0 Å². The maximum atomic E-state index is 11.6. The van der Waals surface area contributed by atoms with Crippen molar-refractivity contribution in [2.45, 2.75) is 12.5 Å². The molecule has 1 fully saturated rings. The number of anilines is 1. The lowest BCUT2D eigenvalue weighted by Gasteiger charge is -2.19. The Morgan fingerprint density at radius 3 is 2.72 bits per heavy atom. The second-order valence-corrected chi connectivity index (χ2v) is 7.75. The molecular formula is C25H23N5O2. The van der Waals surface area contributed by atoms with Gasteiger partial charge < -0.3 is 15.0 Å². The minimum Gasteiger partial charge on any atom is -0.457 e. The lowest BCUT2D eigenvalue weighted by molar-refractivity contribution is -0.117. The Morgan fingerprint density at radius 2 is 1.94 bits per heavy atom. The third kappa shape index (κ3) is 4.05. The molecular weight excluding hydrogens is 402 g/mol. The van der Waals surface area contributed by atoms with Crippen LogP contribution in [0, 0.1) is 0 Å². The van der Waals surface area contributed by atoms with Gasteiger partial charge in [0.25, 0.3) is 0 Å². The minimum absolute atomic E-state index is 0.0835. The smallest absolute Gasteiger partial charge is 0.243 e. The zero-order valence-corrected chi connectivity index (χ0v) is 17.5. The van der Waals surface area contributed by atoms with Crippen molar-refractivity contribution in [3.8, 4) is 22.8 Å². The van der Waals surface area contributed by atoms with Crippen LogP contribution in [0.3, 0.4) is 0 Å². The summed E-state index contributed by atoms with van der Waals surface area (Å²) in [6.45, 7) is 5.05. The van der Waals surface area contributed by atoms with Gasteiger partial charge in [0.2, 0.25) is 5.91 Å². The van der Waals surface area contributed by atoms with Crippen molar-refractivity contribution < 1.29 is 9.53 Å². The summed E-state index contributed by atoms with van der Waals surface area (Å²) in [7, 11) is 0. The topological polar surface area (TPSA) is 83.1 Å². The molecule has 2 aromatic heterocycles. The van der Waals surface area contributed by atoms with Crippen LogP contribution in [0.2, 0.25) is 0 Å². The first-order chi connectivity index (χ1) is 15.7. The number of nitrogens with zero attached hydrogens (tertiary/aromatic N) is 3. The fourth-order valence-electron chi connectivity index (χ4n) is 3.96. The number of hydrogen-bond acceptors (Lipinski definition) is 5. The molecule has 2 aromatic carbocycles. The molecule has 1 aliphatic rings. The monoisotopic (exact) mass is 425 g/mol. The lowest BCUT2D eigenvalue weighted by atomic mass is 10.1. The zero-order chi connectivity index (χ0) is 21.9. The minimum atomic E-state index is -0.145. The number of amides is 1. The predicted molar refractivity (Wildman–Crippen MR) is 125 cm³/mol. The summed E-state index contributed by atoms with van der Waals surface area (Å²) >= 11 is 0. The second-order valence-electron chi connectivity index (χ2n) is 7.75. The summed E-state index contributed by atoms with van der Waals surface area (Å²) in [4.78, 5) is 18.8. The molecule has 160 valence electrons. The van der Waals surface area contributed by atoms with Gasteiger partial charge in [-0.15, -0.1) is 0 Å². The molecule has 4 aromatic rings. The molecule has 5 rings (SSSR count). The summed E-state index contributed by atoms with van der Waals surface area (Å²) in [5.74, 6) is 2.28. The average molecular weight is 425 g/mol. The zero-order valence-electron chi connectivity index (χ0n) is 17.5. The maximum absolute atomic E-state index is 11.6. The summed E-state index contributed by atoms with van der Waals surface area (Å²) in [5.41, 5.74) is 2.69. The van der Waals surface area contributed by atoms with Crippen LogP contribution in [0.15, 0.2) is 79.5 Å². The lowest BCUT2D eigenvalue weighted by Crippen LogP contribution is -2.36. The molecule has 0 spiro atoms. The molecule has 1 atom stereocenters. The van der Waals surface area contributed by atoms with Gasteiger partial charge in [-0.3, -0.25) is 9.89 Å². The summed E-state index contributed by atoms with van der Waals surface area (Å²) in [5, 5.41) is 11.3. The summed E-state index contributed by atoms with van der Waals surface area (Å²) in [6.07, 6.45) is 3.98. The van der Waals surface area contributed by atoms with Crippen LogP contribution < -0.4 is 15.0 Å². The van der Waals surface area contributed by atoms with E-state index in [1.807, 2.05) is 66.9 Å². The highest BCUT2D eigenvalue weighted by Gasteiger charge is 2.25. The summed E-state index contributed by atoms with van der Waals surface area (Å²) < 4.78 is 5.91. The number of fused-ring (bicyclic) bond motifs is 1. The SMILES string of the molecule is C=CC(=O)NC1CCN(c2cc3cn[nH]c3c(-c3ccc(Oc4ccccc4)cc3)n2)C1. The summed E-state index contributed by atoms with van der Waals surface area (Å²) in [6, 6.07) is 19.7. The Balaban J connectivity index is 1.41. The van der Waals surface area contributed by atoms with Crippen molar-refractivity contribution in [3.63, 3.8) is 0 Å². The van der Waals surface area contributed by atoms with Crippen molar-refractivity contribution in [1.82, 2.24) is 20.5 Å². The highest BCUT2D eigenvalue weighted by molar-refractivity contribution is 5.93. The van der Waals surface area contributed by atoms with Crippen LogP contribution >= 0.6 is 0 Å². The first-order valence-electron chi connectivity index (χ1n) is 10.5. The second kappa shape index (κ2) is 8.55. The van der Waals surface area contributed by atoms with Crippen molar-refractivity contribution >= 4 is 22.6 Å². The highest BCUT2D eigenvalue weighted by atomic mass is 16.5. The van der Waals surface area contributed by atoms with E-state index in [1.54, 1.807) is 0 Å². The van der Waals surface area contributed by atoms with Crippen molar-refractivity contribution in [1.29, 1.82) is 0 Å². The van der Waals surface area contributed by atoms with E-state index in [2.05, 4.69) is 27.0 Å². The van der Waals surface area contributed by atoms with Gasteiger partial charge in [-0.05, 0) is 55.0 Å². The molecule has 32 heavy (non-hydrogen) atoms. The van der Waals surface area contributed by atoms with Gasteiger partial charge in [0, 0.05) is 30.1 Å². The van der Waals surface area contributed by atoms with Gasteiger partial charge in [-0.1, -0.05) is 24.8 Å². The van der Waals surface area contributed by atoms with Crippen LogP contribution in [0.4, 0.5) is 5.82 Å². The number of aromatic amines is 1. The van der Waals surface area contributed by atoms with E-state index in [0.29, 0.717) is 6.54 Å². The van der Waals surface area contributed by atoms with Crippen LogP contribution in [0.5, 0.6) is 11.5 Å². The Bertz CT molecular complexity index is 1250. The van der Waals surface area contributed by atoms with E-state index in [4.69, 9.17) is 9.72 Å². The Morgan fingerprint density at radius 1 is 1.16 bits per heavy atom. The van der Waals surface area contributed by atoms with Crippen molar-refractivity contribution in [3.05, 3.63) is 79.5 Å². The molecule has 1 amide bonds. The third-order valence-corrected chi connectivity index (χ3v) is 5.57. The number of para-hydroxylation sites is 1. The average Bonchev–Trinajstić information content (AvgIpc) is 3.49. The number of rotatable bonds is 6. The van der Waals surface area contributed by atoms with Crippen molar-refractivity contribution in [2.75, 3.05) is 18.0 Å². The Labute approximate surface area is 185 Å². The molecule has 0 aliphatic carbocycles. The van der Waals surface area contributed by atoms with E-state index in [-0.39, 0.29) is 11.9 Å². The van der Waals surface area contributed by atoms with Crippen LogP contribution in [0.1, 0.15) is 6.42 Å². The number of H-pyrrole nitrogens is 1. The number of hydrogen-bond donors (Lipinski definition) is 2. The first kappa shape index (κ1) is 19.8. The van der Waals surface area contributed by atoms with Gasteiger partial charge in [0.1, 0.15) is 17.3 Å². The molecule has 1 unspecified atom stereocenters. The molecule has 0 radical (unpaired) electrons. The fourth-order valence-corrected chi connectivity index (χ4v) is 3.96. The van der Waals surface area contributed by atoms with Gasteiger partial charge >= 0.3 is 0 Å². The van der Waals surface area contributed by atoms with E-state index in [9.17, 15) is 4.79 Å². The van der Waals surface area contributed by atoms with Gasteiger partial charge in [0.05, 0.1) is 17.4 Å². The quantitative estimate of drug-likeness (QED) is 0.450. The number of benzene rings is 2. The molecule has 7 nitrogen and oxygen atoms in total. The van der Waals surface area contributed by atoms with E-state index in [1.165, 1.54) is 6.08 Å². The Kier molecular flexibility index (Phi) is 5.29. The number of carbonyl (C=O) groups is 1. The van der Waals surface area contributed by atoms with E-state index < -0.39 is 0 Å². The van der Waals surface area contributed by atoms with Crippen LogP contribution in [-0.2, 0) is 4.79 Å². The number of pyridine rings is 1. The molecule has 3 heterocycles. The number of nitrogens with one attached hydrogen (secondary N) is 2. The van der Waals surface area contributed by atoms with Crippen molar-refractivity contribution in [2.24, 2.45) is 0 Å². The largest absolute Gasteiger partial charge is 0.457 e. The fraction of sp³-hybridized carbons (Fsp3) is 0.160. The van der Waals surface area contributed by atoms with Crippen LogP contribution in [0.25, 0.3) is 22.2 Å². The van der Waals surface area contributed by atoms with Gasteiger partial charge in [-0.2, -0.15) is 5.10 Å². The third-order valence-electron chi connectivity index (χ3n) is 5.57. The predicted octanol–water partition coefficient (Wildman–Crippen LogP) is 4.30.